The van der Waals surface area contributed by atoms with Gasteiger partial charge in [-0.1, -0.05) is 0 Å². The molecule has 2 N–H and O–H groups in total. The van der Waals surface area contributed by atoms with Crippen molar-refractivity contribution in [1.29, 1.82) is 0 Å². The second-order valence-corrected chi connectivity index (χ2v) is 11.6. The molecule has 7 nitrogen and oxygen atoms in total. The highest BCUT2D eigenvalue weighted by Gasteiger charge is 2.29. The first kappa shape index (κ1) is 24.6. The third-order valence-corrected chi connectivity index (χ3v) is 7.68. The number of nitrogens with zero attached hydrogens (tertiary/aromatic N) is 1. The maximum Gasteiger partial charge on any atom is 0.224 e. The smallest absolute Gasteiger partial charge is 0.224 e. The quantitative estimate of drug-likeness (QED) is 0.605. The summed E-state index contributed by atoms with van der Waals surface area (Å²) in [5.74, 6) is -0.0663. The van der Waals surface area contributed by atoms with E-state index in [9.17, 15) is 13.2 Å². The van der Waals surface area contributed by atoms with Crippen molar-refractivity contribution in [1.82, 2.24) is 4.72 Å². The molecule has 0 saturated carbocycles. The summed E-state index contributed by atoms with van der Waals surface area (Å²) in [7, 11) is -3.33. The molecule has 1 amide bonds. The maximum atomic E-state index is 12.2. The summed E-state index contributed by atoms with van der Waals surface area (Å²) < 4.78 is 31.6. The first-order chi connectivity index (χ1) is 13.9. The average molecular weight is 440 g/mol. The summed E-state index contributed by atoms with van der Waals surface area (Å²) in [6.07, 6.45) is 1.95. The Hall–Kier alpha value is -1.64. The fourth-order valence-electron chi connectivity index (χ4n) is 3.35. The van der Waals surface area contributed by atoms with Gasteiger partial charge in [0, 0.05) is 30.9 Å². The fourth-order valence-corrected chi connectivity index (χ4v) is 4.20. The molecule has 0 aromatic heterocycles. The number of anilines is 2. The van der Waals surface area contributed by atoms with Crippen LogP contribution in [0.25, 0.3) is 0 Å². The Morgan fingerprint density at radius 2 is 1.77 bits per heavy atom. The third kappa shape index (κ3) is 6.68. The van der Waals surface area contributed by atoms with Crippen molar-refractivity contribution in [3.05, 3.63) is 24.3 Å². The zero-order valence-corrected chi connectivity index (χ0v) is 19.9. The van der Waals surface area contributed by atoms with E-state index in [4.69, 9.17) is 4.74 Å². The van der Waals surface area contributed by atoms with E-state index in [1.807, 2.05) is 24.3 Å². The standard InChI is InChI=1S/C22H37N3O4S/c1-16-15-25(17(2)18(3)29-16)20-12-10-19(11-13-20)24-21(26)9-7-8-14-23-30(27,28)22(4,5)6/h10-13,16-18,23H,7-9,14-15H2,1-6H3,(H,24,26). The molecule has 1 heterocycles. The molecule has 170 valence electrons. The first-order valence-corrected chi connectivity index (χ1v) is 12.2. The molecule has 1 fully saturated rings. The van der Waals surface area contributed by atoms with E-state index in [1.54, 1.807) is 20.8 Å². The number of amides is 1. The van der Waals surface area contributed by atoms with Gasteiger partial charge >= 0.3 is 0 Å². The lowest BCUT2D eigenvalue weighted by molar-refractivity contribution is -0.116. The molecule has 0 radical (unpaired) electrons. The maximum absolute atomic E-state index is 12.2. The van der Waals surface area contributed by atoms with Crippen LogP contribution in [0.5, 0.6) is 0 Å². The van der Waals surface area contributed by atoms with E-state index in [2.05, 4.69) is 35.7 Å². The molecule has 3 atom stereocenters. The summed E-state index contributed by atoms with van der Waals surface area (Å²) in [6, 6.07) is 8.18. The lowest BCUT2D eigenvalue weighted by Gasteiger charge is -2.42. The third-order valence-electron chi connectivity index (χ3n) is 5.48. The second-order valence-electron chi connectivity index (χ2n) is 9.11. The van der Waals surface area contributed by atoms with Crippen molar-refractivity contribution < 1.29 is 17.9 Å². The van der Waals surface area contributed by atoms with Gasteiger partial charge in [0.1, 0.15) is 0 Å². The van der Waals surface area contributed by atoms with Gasteiger partial charge in [-0.05, 0) is 78.6 Å². The van der Waals surface area contributed by atoms with Crippen LogP contribution in [0.3, 0.4) is 0 Å². The highest BCUT2D eigenvalue weighted by Crippen LogP contribution is 2.26. The zero-order valence-electron chi connectivity index (χ0n) is 19.1. The van der Waals surface area contributed by atoms with Gasteiger partial charge in [-0.25, -0.2) is 13.1 Å². The molecule has 2 rings (SSSR count). The van der Waals surface area contributed by atoms with Gasteiger partial charge in [0.05, 0.1) is 23.0 Å². The molecule has 0 aliphatic carbocycles. The van der Waals surface area contributed by atoms with Gasteiger partial charge in [-0.2, -0.15) is 0 Å². The number of sulfonamides is 1. The van der Waals surface area contributed by atoms with Gasteiger partial charge in [0.15, 0.2) is 0 Å². The van der Waals surface area contributed by atoms with Gasteiger partial charge in [0.25, 0.3) is 0 Å². The first-order valence-electron chi connectivity index (χ1n) is 10.7. The summed E-state index contributed by atoms with van der Waals surface area (Å²) in [5, 5.41) is 2.91. The number of unbranched alkanes of at least 4 members (excludes halogenated alkanes) is 1. The highest BCUT2D eigenvalue weighted by atomic mass is 32.2. The highest BCUT2D eigenvalue weighted by molar-refractivity contribution is 7.90. The molecule has 0 spiro atoms. The van der Waals surface area contributed by atoms with Crippen molar-refractivity contribution in [2.24, 2.45) is 0 Å². The van der Waals surface area contributed by atoms with Crippen LogP contribution >= 0.6 is 0 Å². The van der Waals surface area contributed by atoms with Crippen LogP contribution in [0, 0.1) is 0 Å². The predicted molar refractivity (Wildman–Crippen MR) is 122 cm³/mol. The fraction of sp³-hybridized carbons (Fsp3) is 0.682. The van der Waals surface area contributed by atoms with Crippen LogP contribution in [0.4, 0.5) is 11.4 Å². The van der Waals surface area contributed by atoms with E-state index in [0.717, 1.165) is 17.9 Å². The second kappa shape index (κ2) is 10.1. The van der Waals surface area contributed by atoms with E-state index in [1.165, 1.54) is 0 Å². The minimum Gasteiger partial charge on any atom is -0.372 e. The Bertz CT molecular complexity index is 803. The number of morpholine rings is 1. The molecule has 8 heteroatoms. The molecule has 1 aromatic carbocycles. The largest absolute Gasteiger partial charge is 0.372 e. The van der Waals surface area contributed by atoms with Crippen molar-refractivity contribution in [3.8, 4) is 0 Å². The van der Waals surface area contributed by atoms with Crippen LogP contribution in [-0.4, -0.2) is 50.4 Å². The number of nitrogens with one attached hydrogen (secondary N) is 2. The molecule has 30 heavy (non-hydrogen) atoms. The monoisotopic (exact) mass is 439 g/mol. The summed E-state index contributed by atoms with van der Waals surface area (Å²) in [4.78, 5) is 14.5. The summed E-state index contributed by atoms with van der Waals surface area (Å²) in [6.45, 7) is 12.5. The number of benzene rings is 1. The summed E-state index contributed by atoms with van der Waals surface area (Å²) in [5.41, 5.74) is 1.88. The normalized spacial score (nSPS) is 22.7. The predicted octanol–water partition coefficient (Wildman–Crippen LogP) is 3.52. The summed E-state index contributed by atoms with van der Waals surface area (Å²) >= 11 is 0. The zero-order chi connectivity index (χ0) is 22.5. The minimum absolute atomic E-state index is 0.0663. The molecule has 1 aliphatic rings. The topological polar surface area (TPSA) is 87.7 Å². The molecule has 3 unspecified atom stereocenters. The van der Waals surface area contributed by atoms with Gasteiger partial charge < -0.3 is 15.0 Å². The molecular formula is C22H37N3O4S. The minimum atomic E-state index is -3.33. The Morgan fingerprint density at radius 1 is 1.13 bits per heavy atom. The Labute approximate surface area is 181 Å². The number of carbonyl (C=O) groups is 1. The Kier molecular flexibility index (Phi) is 8.30. The van der Waals surface area contributed by atoms with Crippen molar-refractivity contribution in [3.63, 3.8) is 0 Å². The van der Waals surface area contributed by atoms with E-state index >= 15 is 0 Å². The number of ether oxygens (including phenoxy) is 1. The number of rotatable bonds is 8. The van der Waals surface area contributed by atoms with Crippen LogP contribution in [0.1, 0.15) is 60.8 Å². The van der Waals surface area contributed by atoms with Gasteiger partial charge in [-0.15, -0.1) is 0 Å². The van der Waals surface area contributed by atoms with Crippen LogP contribution in [0.15, 0.2) is 24.3 Å². The molecular weight excluding hydrogens is 402 g/mol. The number of hydrogen-bond donors (Lipinski definition) is 2. The van der Waals surface area contributed by atoms with Crippen LogP contribution in [-0.2, 0) is 19.6 Å². The number of carbonyl (C=O) groups excluding carboxylic acids is 1. The van der Waals surface area contributed by atoms with Crippen molar-refractivity contribution >= 4 is 27.3 Å². The van der Waals surface area contributed by atoms with Crippen molar-refractivity contribution in [2.75, 3.05) is 23.3 Å². The van der Waals surface area contributed by atoms with Gasteiger partial charge in [0.2, 0.25) is 15.9 Å². The van der Waals surface area contributed by atoms with Crippen LogP contribution in [0.2, 0.25) is 0 Å². The van der Waals surface area contributed by atoms with Crippen molar-refractivity contribution in [2.45, 2.75) is 83.8 Å². The van der Waals surface area contributed by atoms with E-state index < -0.39 is 14.8 Å². The van der Waals surface area contributed by atoms with E-state index in [0.29, 0.717) is 25.8 Å². The molecule has 0 bridgehead atoms. The number of hydrogen-bond acceptors (Lipinski definition) is 5. The Balaban J connectivity index is 1.77. The lowest BCUT2D eigenvalue weighted by atomic mass is 10.1. The van der Waals surface area contributed by atoms with Crippen LogP contribution < -0.4 is 14.9 Å². The van der Waals surface area contributed by atoms with E-state index in [-0.39, 0.29) is 24.2 Å². The average Bonchev–Trinajstić information content (AvgIpc) is 2.64. The SMILES string of the molecule is CC1CN(c2ccc(NC(=O)CCCCNS(=O)(=O)C(C)(C)C)cc2)C(C)C(C)O1. The molecule has 1 saturated heterocycles. The lowest BCUT2D eigenvalue weighted by Crippen LogP contribution is -2.52. The Morgan fingerprint density at radius 3 is 2.37 bits per heavy atom. The van der Waals surface area contributed by atoms with Gasteiger partial charge in [-0.3, -0.25) is 4.79 Å². The molecule has 1 aromatic rings. The molecule has 1 aliphatic heterocycles.